The van der Waals surface area contributed by atoms with Gasteiger partial charge < -0.3 is 4.90 Å². The summed E-state index contributed by atoms with van der Waals surface area (Å²) in [6.45, 7) is 13.7. The number of hydrogen-bond acceptors (Lipinski definition) is 3. The van der Waals surface area contributed by atoms with Gasteiger partial charge in [-0.2, -0.15) is 0 Å². The van der Waals surface area contributed by atoms with Crippen molar-refractivity contribution in [3.63, 3.8) is 0 Å². The third kappa shape index (κ3) is 4.91. The van der Waals surface area contributed by atoms with Crippen molar-refractivity contribution in [2.75, 3.05) is 25.0 Å². The second kappa shape index (κ2) is 7.28. The van der Waals surface area contributed by atoms with Crippen LogP contribution in [0.25, 0.3) is 0 Å². The number of nitrogens with two attached hydrogens (primary N) is 1. The molecular formula is C21H32FN3. The number of rotatable bonds is 6. The van der Waals surface area contributed by atoms with E-state index in [1.54, 1.807) is 7.05 Å². The predicted octanol–water partition coefficient (Wildman–Crippen LogP) is 4.80. The van der Waals surface area contributed by atoms with Crippen LogP contribution in [0.5, 0.6) is 0 Å². The molecule has 0 aromatic heterocycles. The van der Waals surface area contributed by atoms with E-state index in [2.05, 4.69) is 30.3 Å². The maximum absolute atomic E-state index is 14.8. The van der Waals surface area contributed by atoms with Crippen LogP contribution < -0.4 is 10.6 Å². The maximum Gasteiger partial charge on any atom is 0.184 e. The third-order valence-electron chi connectivity index (χ3n) is 4.93. The molecule has 4 heteroatoms. The van der Waals surface area contributed by atoms with Crippen molar-refractivity contribution >= 4 is 11.4 Å². The number of halogens is 1. The van der Waals surface area contributed by atoms with Crippen molar-refractivity contribution in [1.29, 1.82) is 0 Å². The van der Waals surface area contributed by atoms with E-state index in [0.717, 1.165) is 54.9 Å². The van der Waals surface area contributed by atoms with Crippen LogP contribution in [0.4, 0.5) is 10.1 Å². The Balaban J connectivity index is 2.39. The second-order valence-corrected chi connectivity index (χ2v) is 8.27. The zero-order valence-corrected chi connectivity index (χ0v) is 16.3. The zero-order valence-electron chi connectivity index (χ0n) is 16.3. The normalized spacial score (nSPS) is 19.8. The minimum absolute atomic E-state index is 0.245. The molecule has 2 N–H and O–H groups in total. The van der Waals surface area contributed by atoms with E-state index < -0.39 is 5.79 Å². The van der Waals surface area contributed by atoms with Gasteiger partial charge in [0.2, 0.25) is 0 Å². The summed E-state index contributed by atoms with van der Waals surface area (Å²) in [4.78, 5) is 6.65. The van der Waals surface area contributed by atoms with Crippen LogP contribution in [-0.2, 0) is 5.79 Å². The SMILES string of the molecule is C=C(C)CCC(=NC)c1ccc(N2CCC(C)(C)C2)c(C(C)(N)F)c1. The van der Waals surface area contributed by atoms with Gasteiger partial charge >= 0.3 is 0 Å². The fourth-order valence-corrected chi connectivity index (χ4v) is 3.42. The third-order valence-corrected chi connectivity index (χ3v) is 4.93. The molecule has 25 heavy (non-hydrogen) atoms. The van der Waals surface area contributed by atoms with Gasteiger partial charge in [-0.05, 0) is 56.2 Å². The monoisotopic (exact) mass is 345 g/mol. The van der Waals surface area contributed by atoms with Crippen LogP contribution in [-0.4, -0.2) is 25.8 Å². The Hall–Kier alpha value is -1.68. The molecule has 1 aliphatic rings. The smallest absolute Gasteiger partial charge is 0.184 e. The molecule has 138 valence electrons. The van der Waals surface area contributed by atoms with Crippen molar-refractivity contribution in [2.24, 2.45) is 16.1 Å². The summed E-state index contributed by atoms with van der Waals surface area (Å²) >= 11 is 0. The first-order chi connectivity index (χ1) is 11.5. The van der Waals surface area contributed by atoms with Crippen molar-refractivity contribution in [2.45, 2.75) is 52.8 Å². The summed E-state index contributed by atoms with van der Waals surface area (Å²) in [5, 5.41) is 0. The van der Waals surface area contributed by atoms with E-state index in [9.17, 15) is 4.39 Å². The first kappa shape index (κ1) is 19.6. The van der Waals surface area contributed by atoms with Crippen molar-refractivity contribution in [3.8, 4) is 0 Å². The van der Waals surface area contributed by atoms with Gasteiger partial charge in [-0.1, -0.05) is 25.5 Å². The number of aliphatic imine (C=N–C) groups is 1. The van der Waals surface area contributed by atoms with Crippen molar-refractivity contribution in [3.05, 3.63) is 41.5 Å². The lowest BCUT2D eigenvalue weighted by atomic mass is 9.93. The quantitative estimate of drug-likeness (QED) is 0.457. The molecule has 0 saturated carbocycles. The van der Waals surface area contributed by atoms with Crippen molar-refractivity contribution < 1.29 is 4.39 Å². The van der Waals surface area contributed by atoms with Crippen LogP contribution in [0, 0.1) is 5.41 Å². The molecule has 1 atom stereocenters. The highest BCUT2D eigenvalue weighted by atomic mass is 19.1. The average molecular weight is 346 g/mol. The van der Waals surface area contributed by atoms with E-state index in [1.165, 1.54) is 6.92 Å². The van der Waals surface area contributed by atoms with E-state index >= 15 is 0 Å². The Morgan fingerprint density at radius 2 is 2.08 bits per heavy atom. The summed E-state index contributed by atoms with van der Waals surface area (Å²) in [5.74, 6) is -1.88. The molecule has 1 heterocycles. The minimum Gasteiger partial charge on any atom is -0.371 e. The largest absolute Gasteiger partial charge is 0.371 e. The Morgan fingerprint density at radius 3 is 2.56 bits per heavy atom. The first-order valence-electron chi connectivity index (χ1n) is 9.01. The highest BCUT2D eigenvalue weighted by molar-refractivity contribution is 6.01. The molecule has 1 aromatic carbocycles. The Bertz CT molecular complexity index is 668. The molecular weight excluding hydrogens is 313 g/mol. The molecule has 3 nitrogen and oxygen atoms in total. The topological polar surface area (TPSA) is 41.6 Å². The number of allylic oxidation sites excluding steroid dienone is 1. The molecule has 1 aliphatic heterocycles. The van der Waals surface area contributed by atoms with Crippen LogP contribution >= 0.6 is 0 Å². The predicted molar refractivity (Wildman–Crippen MR) is 106 cm³/mol. The molecule has 0 spiro atoms. The summed E-state index contributed by atoms with van der Waals surface area (Å²) < 4.78 is 14.8. The minimum atomic E-state index is -1.88. The summed E-state index contributed by atoms with van der Waals surface area (Å²) in [6, 6.07) is 5.92. The van der Waals surface area contributed by atoms with Gasteiger partial charge in [0, 0.05) is 37.1 Å². The molecule has 0 bridgehead atoms. The molecule has 2 rings (SSSR count). The number of benzene rings is 1. The van der Waals surface area contributed by atoms with Gasteiger partial charge in [0.25, 0.3) is 0 Å². The average Bonchev–Trinajstić information content (AvgIpc) is 2.86. The summed E-state index contributed by atoms with van der Waals surface area (Å²) in [5.41, 5.74) is 10.6. The molecule has 0 aliphatic carbocycles. The fourth-order valence-electron chi connectivity index (χ4n) is 3.42. The lowest BCUT2D eigenvalue weighted by Crippen LogP contribution is -2.32. The summed E-state index contributed by atoms with van der Waals surface area (Å²) in [7, 11) is 1.78. The second-order valence-electron chi connectivity index (χ2n) is 8.27. The van der Waals surface area contributed by atoms with Gasteiger partial charge in [-0.3, -0.25) is 10.7 Å². The van der Waals surface area contributed by atoms with E-state index in [1.807, 2.05) is 25.1 Å². The Morgan fingerprint density at radius 1 is 1.40 bits per heavy atom. The molecule has 1 aromatic rings. The number of nitrogens with zero attached hydrogens (tertiary/aromatic N) is 2. The summed E-state index contributed by atoms with van der Waals surface area (Å²) in [6.07, 6.45) is 2.77. The van der Waals surface area contributed by atoms with E-state index in [0.29, 0.717) is 5.56 Å². The molecule has 1 saturated heterocycles. The number of hydrogen-bond donors (Lipinski definition) is 1. The molecule has 1 unspecified atom stereocenters. The van der Waals surface area contributed by atoms with Crippen LogP contribution in [0.2, 0.25) is 0 Å². The van der Waals surface area contributed by atoms with Crippen molar-refractivity contribution in [1.82, 2.24) is 0 Å². The number of alkyl halides is 1. The van der Waals surface area contributed by atoms with Crippen LogP contribution in [0.1, 0.15) is 58.1 Å². The molecule has 0 amide bonds. The Kier molecular flexibility index (Phi) is 5.72. The lowest BCUT2D eigenvalue weighted by molar-refractivity contribution is 0.203. The molecule has 0 radical (unpaired) electrons. The maximum atomic E-state index is 14.8. The zero-order chi connectivity index (χ0) is 18.8. The van der Waals surface area contributed by atoms with Crippen LogP contribution in [0.3, 0.4) is 0 Å². The standard InChI is InChI=1S/C21H32FN3/c1-15(2)7-9-18(24-6)16-8-10-19(17(13-16)21(5,22)23)25-12-11-20(3,4)14-25/h8,10,13H,1,7,9,11-12,14,23H2,2-6H3. The van der Waals surface area contributed by atoms with E-state index in [4.69, 9.17) is 5.73 Å². The first-order valence-corrected chi connectivity index (χ1v) is 9.01. The molecule has 1 fully saturated rings. The highest BCUT2D eigenvalue weighted by Crippen LogP contribution is 2.38. The van der Waals surface area contributed by atoms with Gasteiger partial charge in [0.15, 0.2) is 5.79 Å². The fraction of sp³-hybridized carbons (Fsp3) is 0.571. The van der Waals surface area contributed by atoms with Crippen LogP contribution in [0.15, 0.2) is 35.3 Å². The van der Waals surface area contributed by atoms with Gasteiger partial charge in [0.1, 0.15) is 0 Å². The van der Waals surface area contributed by atoms with Gasteiger partial charge in [0.05, 0.1) is 0 Å². The highest BCUT2D eigenvalue weighted by Gasteiger charge is 2.33. The number of anilines is 1. The van der Waals surface area contributed by atoms with Gasteiger partial charge in [-0.15, -0.1) is 6.58 Å². The Labute approximate surface area is 151 Å². The van der Waals surface area contributed by atoms with E-state index in [-0.39, 0.29) is 5.41 Å². The lowest BCUT2D eigenvalue weighted by Gasteiger charge is -2.28. The van der Waals surface area contributed by atoms with Gasteiger partial charge in [-0.25, -0.2) is 4.39 Å².